The summed E-state index contributed by atoms with van der Waals surface area (Å²) in [4.78, 5) is 29.8. The third-order valence-corrected chi connectivity index (χ3v) is 5.59. The van der Waals surface area contributed by atoms with Crippen molar-refractivity contribution in [1.82, 2.24) is 14.9 Å². The first kappa shape index (κ1) is 19.9. The Labute approximate surface area is 163 Å². The molecule has 6 nitrogen and oxygen atoms in total. The monoisotopic (exact) mass is 389 g/mol. The molecule has 146 valence electrons. The number of carbonyl (C=O) groups excluding carboxylic acids is 1. The molecule has 1 aromatic heterocycles. The molecule has 1 fully saturated rings. The van der Waals surface area contributed by atoms with E-state index in [4.69, 9.17) is 4.74 Å². The number of aromatic nitrogens is 2. The van der Waals surface area contributed by atoms with Gasteiger partial charge in [-0.25, -0.2) is 4.98 Å². The zero-order chi connectivity index (χ0) is 19.2. The van der Waals surface area contributed by atoms with Crippen LogP contribution in [0, 0.1) is 5.92 Å². The summed E-state index contributed by atoms with van der Waals surface area (Å²) in [7, 11) is 0. The number of fused-ring (bicyclic) bond motifs is 1. The highest BCUT2D eigenvalue weighted by Gasteiger charge is 2.20. The molecular formula is C20H27N3O3S. The van der Waals surface area contributed by atoms with Gasteiger partial charge in [0.25, 0.3) is 5.56 Å². The number of nitrogens with zero attached hydrogens (tertiary/aromatic N) is 2. The van der Waals surface area contributed by atoms with Gasteiger partial charge in [0.1, 0.15) is 0 Å². The molecule has 3 rings (SSSR count). The van der Waals surface area contributed by atoms with Gasteiger partial charge in [-0.2, -0.15) is 0 Å². The smallest absolute Gasteiger partial charge is 0.262 e. The van der Waals surface area contributed by atoms with E-state index >= 15 is 0 Å². The molecule has 1 aliphatic heterocycles. The molecule has 0 unspecified atom stereocenters. The van der Waals surface area contributed by atoms with Gasteiger partial charge in [-0.1, -0.05) is 37.7 Å². The fourth-order valence-corrected chi connectivity index (χ4v) is 3.93. The topological polar surface area (TPSA) is 73.2 Å². The van der Waals surface area contributed by atoms with E-state index in [9.17, 15) is 9.59 Å². The average Bonchev–Trinajstić information content (AvgIpc) is 3.15. The van der Waals surface area contributed by atoms with Crippen LogP contribution in [0.5, 0.6) is 0 Å². The fourth-order valence-electron chi connectivity index (χ4n) is 3.09. The van der Waals surface area contributed by atoms with Crippen LogP contribution < -0.4 is 10.9 Å². The Morgan fingerprint density at radius 1 is 1.41 bits per heavy atom. The second kappa shape index (κ2) is 9.37. The van der Waals surface area contributed by atoms with Gasteiger partial charge in [-0.3, -0.25) is 14.2 Å². The molecule has 0 saturated carbocycles. The molecule has 1 N–H and O–H groups in total. The molecule has 27 heavy (non-hydrogen) atoms. The van der Waals surface area contributed by atoms with Crippen LogP contribution >= 0.6 is 11.8 Å². The Kier molecular flexibility index (Phi) is 6.90. The lowest BCUT2D eigenvalue weighted by Crippen LogP contribution is -2.30. The predicted molar refractivity (Wildman–Crippen MR) is 108 cm³/mol. The highest BCUT2D eigenvalue weighted by Crippen LogP contribution is 2.20. The number of hydrogen-bond acceptors (Lipinski definition) is 5. The maximum absolute atomic E-state index is 13.0. The molecule has 0 aliphatic carbocycles. The molecule has 0 radical (unpaired) electrons. The Hall–Kier alpha value is -1.86. The first-order chi connectivity index (χ1) is 13.0. The lowest BCUT2D eigenvalue weighted by Gasteiger charge is -2.16. The number of rotatable bonds is 8. The SMILES string of the molecule is CC(C)CCNC(=O)CSc1nc2ccccc2c(=O)n1C[C@H]1CCCO1. The number of carbonyl (C=O) groups is 1. The van der Waals surface area contributed by atoms with Crippen molar-refractivity contribution in [1.29, 1.82) is 0 Å². The first-order valence-electron chi connectivity index (χ1n) is 9.55. The van der Waals surface area contributed by atoms with Crippen LogP contribution in [0.25, 0.3) is 10.9 Å². The molecule has 2 heterocycles. The Morgan fingerprint density at radius 2 is 2.22 bits per heavy atom. The van der Waals surface area contributed by atoms with E-state index in [1.54, 1.807) is 10.6 Å². The van der Waals surface area contributed by atoms with Gasteiger partial charge in [0.05, 0.1) is 29.3 Å². The molecular weight excluding hydrogens is 362 g/mol. The van der Waals surface area contributed by atoms with Gasteiger partial charge in [-0.15, -0.1) is 0 Å². The van der Waals surface area contributed by atoms with Crippen molar-refractivity contribution in [2.75, 3.05) is 18.9 Å². The van der Waals surface area contributed by atoms with Crippen molar-refractivity contribution in [2.45, 2.75) is 50.9 Å². The van der Waals surface area contributed by atoms with Gasteiger partial charge in [0.15, 0.2) is 5.16 Å². The van der Waals surface area contributed by atoms with Crippen LogP contribution in [0.15, 0.2) is 34.2 Å². The summed E-state index contributed by atoms with van der Waals surface area (Å²) in [6.07, 6.45) is 2.94. The molecule has 0 spiro atoms. The van der Waals surface area contributed by atoms with Crippen LogP contribution in [0.3, 0.4) is 0 Å². The van der Waals surface area contributed by atoms with Crippen molar-refractivity contribution >= 4 is 28.6 Å². The summed E-state index contributed by atoms with van der Waals surface area (Å²) in [6, 6.07) is 7.34. The highest BCUT2D eigenvalue weighted by atomic mass is 32.2. The van der Waals surface area contributed by atoms with Crippen LogP contribution in [0.4, 0.5) is 0 Å². The van der Waals surface area contributed by atoms with Gasteiger partial charge in [0, 0.05) is 13.2 Å². The number of hydrogen-bond donors (Lipinski definition) is 1. The molecule has 1 aliphatic rings. The summed E-state index contributed by atoms with van der Waals surface area (Å²) in [5, 5.41) is 4.10. The standard InChI is InChI=1S/C20H27N3O3S/c1-14(2)9-10-21-18(24)13-27-20-22-17-8-4-3-7-16(17)19(25)23(20)12-15-6-5-11-26-15/h3-4,7-8,14-15H,5-6,9-13H2,1-2H3,(H,21,24)/t15-/m1/s1. The van der Waals surface area contributed by atoms with Gasteiger partial charge in [0.2, 0.25) is 5.91 Å². The van der Waals surface area contributed by atoms with Gasteiger partial charge < -0.3 is 10.1 Å². The summed E-state index contributed by atoms with van der Waals surface area (Å²) in [5.41, 5.74) is 0.590. The normalized spacial score (nSPS) is 16.9. The lowest BCUT2D eigenvalue weighted by atomic mass is 10.1. The van der Waals surface area contributed by atoms with E-state index in [1.165, 1.54) is 11.8 Å². The summed E-state index contributed by atoms with van der Waals surface area (Å²) in [5.74, 6) is 0.762. The van der Waals surface area contributed by atoms with Crippen molar-refractivity contribution in [2.24, 2.45) is 5.92 Å². The molecule has 0 bridgehead atoms. The maximum Gasteiger partial charge on any atom is 0.262 e. The Bertz CT molecular complexity index is 844. The second-order valence-corrected chi connectivity index (χ2v) is 8.23. The third-order valence-electron chi connectivity index (χ3n) is 4.61. The van der Waals surface area contributed by atoms with Crippen molar-refractivity contribution in [3.63, 3.8) is 0 Å². The van der Waals surface area contributed by atoms with E-state index in [-0.39, 0.29) is 23.3 Å². The van der Waals surface area contributed by atoms with Crippen LogP contribution in [0.1, 0.15) is 33.1 Å². The molecule has 1 aromatic carbocycles. The quantitative estimate of drug-likeness (QED) is 0.555. The second-order valence-electron chi connectivity index (χ2n) is 7.28. The number of nitrogens with one attached hydrogen (secondary N) is 1. The van der Waals surface area contributed by atoms with Gasteiger partial charge in [-0.05, 0) is 37.3 Å². The number of amides is 1. The molecule has 2 aromatic rings. The van der Waals surface area contributed by atoms with Crippen molar-refractivity contribution < 1.29 is 9.53 Å². The molecule has 1 amide bonds. The number of para-hydroxylation sites is 1. The first-order valence-corrected chi connectivity index (χ1v) is 10.5. The number of ether oxygens (including phenoxy) is 1. The van der Waals surface area contributed by atoms with Crippen LogP contribution in [-0.4, -0.2) is 40.5 Å². The minimum atomic E-state index is -0.0705. The Balaban J connectivity index is 1.77. The summed E-state index contributed by atoms with van der Waals surface area (Å²) >= 11 is 1.31. The third kappa shape index (κ3) is 5.32. The van der Waals surface area contributed by atoms with E-state index in [0.717, 1.165) is 25.9 Å². The van der Waals surface area contributed by atoms with E-state index in [2.05, 4.69) is 24.1 Å². The highest BCUT2D eigenvalue weighted by molar-refractivity contribution is 7.99. The van der Waals surface area contributed by atoms with E-state index in [0.29, 0.717) is 35.1 Å². The Morgan fingerprint density at radius 3 is 2.96 bits per heavy atom. The summed E-state index contributed by atoms with van der Waals surface area (Å²) in [6.45, 7) is 6.15. The number of thioether (sulfide) groups is 1. The summed E-state index contributed by atoms with van der Waals surface area (Å²) < 4.78 is 7.37. The molecule has 1 atom stereocenters. The zero-order valence-electron chi connectivity index (χ0n) is 15.9. The lowest BCUT2D eigenvalue weighted by molar-refractivity contribution is -0.118. The van der Waals surface area contributed by atoms with Crippen molar-refractivity contribution in [3.8, 4) is 0 Å². The van der Waals surface area contributed by atoms with Crippen LogP contribution in [0.2, 0.25) is 0 Å². The van der Waals surface area contributed by atoms with E-state index < -0.39 is 0 Å². The maximum atomic E-state index is 13.0. The van der Waals surface area contributed by atoms with Crippen molar-refractivity contribution in [3.05, 3.63) is 34.6 Å². The average molecular weight is 390 g/mol. The largest absolute Gasteiger partial charge is 0.376 e. The minimum absolute atomic E-state index is 0.0323. The van der Waals surface area contributed by atoms with Crippen LogP contribution in [-0.2, 0) is 16.1 Å². The van der Waals surface area contributed by atoms with E-state index in [1.807, 2.05) is 18.2 Å². The molecule has 7 heteroatoms. The predicted octanol–water partition coefficient (Wildman–Crippen LogP) is 2.83. The number of benzene rings is 1. The minimum Gasteiger partial charge on any atom is -0.376 e. The molecule has 1 saturated heterocycles. The fraction of sp³-hybridized carbons (Fsp3) is 0.550. The van der Waals surface area contributed by atoms with Gasteiger partial charge >= 0.3 is 0 Å². The zero-order valence-corrected chi connectivity index (χ0v) is 16.8.